The highest BCUT2D eigenvalue weighted by molar-refractivity contribution is 6.23. The molecule has 0 amide bonds. The van der Waals surface area contributed by atoms with Gasteiger partial charge in [-0.2, -0.15) is 0 Å². The Labute approximate surface area is 94.4 Å². The zero-order chi connectivity index (χ0) is 10.9. The Morgan fingerprint density at radius 3 is 2.53 bits per heavy atom. The highest BCUT2D eigenvalue weighted by Gasteiger charge is 2.12. The zero-order valence-corrected chi connectivity index (χ0v) is 9.87. The highest BCUT2D eigenvalue weighted by atomic mass is 16.4. The molecule has 0 aromatic heterocycles. The number of hydrogen-bond acceptors (Lipinski definition) is 3. The molecule has 0 bridgehead atoms. The van der Waals surface area contributed by atoms with Gasteiger partial charge in [0, 0.05) is 13.2 Å². The van der Waals surface area contributed by atoms with E-state index >= 15 is 0 Å². The summed E-state index contributed by atoms with van der Waals surface area (Å²) in [7, 11) is 3.39. The second kappa shape index (κ2) is 8.14. The van der Waals surface area contributed by atoms with Crippen LogP contribution in [0.3, 0.4) is 0 Å². The Kier molecular flexibility index (Phi) is 7.06. The average molecular weight is 211 g/mol. The summed E-state index contributed by atoms with van der Waals surface area (Å²) in [6.07, 6.45) is 10.0. The summed E-state index contributed by atoms with van der Waals surface area (Å²) >= 11 is 0. The van der Waals surface area contributed by atoms with E-state index in [1.54, 1.807) is 14.7 Å². The lowest BCUT2D eigenvalue weighted by Crippen LogP contribution is -2.34. The molecule has 1 unspecified atom stereocenters. The number of nitrogens with two attached hydrogens (primary N) is 1. The van der Waals surface area contributed by atoms with Crippen molar-refractivity contribution in [1.29, 1.82) is 0 Å². The molecule has 2 atom stereocenters. The van der Waals surface area contributed by atoms with Crippen molar-refractivity contribution in [2.24, 2.45) is 5.73 Å². The lowest BCUT2D eigenvalue weighted by molar-refractivity contribution is 0.385. The molecule has 0 aliphatic heterocycles. The van der Waals surface area contributed by atoms with Crippen molar-refractivity contribution < 1.29 is 4.65 Å². The fraction of sp³-hybridized carbons (Fsp3) is 1.00. The lowest BCUT2D eigenvalue weighted by atomic mass is 9.94. The predicted octanol–water partition coefficient (Wildman–Crippen LogP) is 1.59. The minimum Gasteiger partial charge on any atom is -0.427 e. The molecule has 0 spiro atoms. The van der Waals surface area contributed by atoms with E-state index in [-0.39, 0.29) is 0 Å². The first kappa shape index (κ1) is 13.0. The van der Waals surface area contributed by atoms with Crippen LogP contribution in [0.2, 0.25) is 0 Å². The first-order chi connectivity index (χ1) is 7.33. The van der Waals surface area contributed by atoms with Gasteiger partial charge in [-0.1, -0.05) is 25.7 Å². The molecule has 1 aliphatic carbocycles. The van der Waals surface area contributed by atoms with Crippen molar-refractivity contribution in [2.75, 3.05) is 7.11 Å². The SMILES string of the molecule is CO[B]NC1CCCCC[C@@H](N)CCC1. The molecule has 1 radical (unpaired) electrons. The van der Waals surface area contributed by atoms with Gasteiger partial charge < -0.3 is 15.6 Å². The van der Waals surface area contributed by atoms with E-state index in [4.69, 9.17) is 10.4 Å². The average Bonchev–Trinajstić information content (AvgIpc) is 2.24. The smallest absolute Gasteiger partial charge is 0.395 e. The van der Waals surface area contributed by atoms with E-state index in [1.165, 1.54) is 51.4 Å². The maximum Gasteiger partial charge on any atom is 0.395 e. The largest absolute Gasteiger partial charge is 0.427 e. The summed E-state index contributed by atoms with van der Waals surface area (Å²) in [6.45, 7) is 0. The van der Waals surface area contributed by atoms with Crippen LogP contribution in [-0.2, 0) is 4.65 Å². The van der Waals surface area contributed by atoms with Crippen LogP contribution in [0.15, 0.2) is 0 Å². The molecule has 15 heavy (non-hydrogen) atoms. The van der Waals surface area contributed by atoms with Gasteiger partial charge in [-0.05, 0) is 31.7 Å². The fourth-order valence-corrected chi connectivity index (χ4v) is 2.22. The number of hydrogen-bond donors (Lipinski definition) is 2. The highest BCUT2D eigenvalue weighted by Crippen LogP contribution is 2.16. The third kappa shape index (κ3) is 6.18. The normalized spacial score (nSPS) is 29.7. The van der Waals surface area contributed by atoms with Gasteiger partial charge in [-0.25, -0.2) is 0 Å². The van der Waals surface area contributed by atoms with Crippen LogP contribution in [0.1, 0.15) is 51.4 Å². The predicted molar refractivity (Wildman–Crippen MR) is 64.6 cm³/mol. The third-order valence-electron chi connectivity index (χ3n) is 3.18. The van der Waals surface area contributed by atoms with Gasteiger partial charge in [0.2, 0.25) is 0 Å². The molecule has 0 aromatic rings. The number of rotatable bonds is 3. The van der Waals surface area contributed by atoms with E-state index < -0.39 is 0 Å². The van der Waals surface area contributed by atoms with Gasteiger partial charge in [0.15, 0.2) is 0 Å². The van der Waals surface area contributed by atoms with Crippen molar-refractivity contribution >= 4 is 7.62 Å². The summed E-state index contributed by atoms with van der Waals surface area (Å²) in [5.74, 6) is 0. The molecule has 0 aromatic carbocycles. The Hall–Kier alpha value is -0.0551. The molecule has 1 saturated carbocycles. The summed E-state index contributed by atoms with van der Waals surface area (Å²) in [5.41, 5.74) is 6.02. The van der Waals surface area contributed by atoms with Crippen LogP contribution < -0.4 is 11.0 Å². The quantitative estimate of drug-likeness (QED) is 0.697. The Balaban J connectivity index is 2.23. The van der Waals surface area contributed by atoms with E-state index in [0.29, 0.717) is 12.1 Å². The van der Waals surface area contributed by atoms with Gasteiger partial charge in [-0.3, -0.25) is 0 Å². The van der Waals surface area contributed by atoms with Crippen molar-refractivity contribution in [3.63, 3.8) is 0 Å². The zero-order valence-electron chi connectivity index (χ0n) is 9.87. The van der Waals surface area contributed by atoms with Crippen LogP contribution >= 0.6 is 0 Å². The van der Waals surface area contributed by atoms with Crippen molar-refractivity contribution in [3.05, 3.63) is 0 Å². The lowest BCUT2D eigenvalue weighted by Gasteiger charge is -2.21. The fourth-order valence-electron chi connectivity index (χ4n) is 2.22. The maximum absolute atomic E-state index is 6.02. The van der Waals surface area contributed by atoms with E-state index in [2.05, 4.69) is 5.23 Å². The van der Waals surface area contributed by atoms with Gasteiger partial charge in [0.05, 0.1) is 0 Å². The van der Waals surface area contributed by atoms with E-state index in [9.17, 15) is 0 Å². The van der Waals surface area contributed by atoms with E-state index in [1.807, 2.05) is 0 Å². The molecule has 0 saturated heterocycles. The second-order valence-electron chi connectivity index (χ2n) is 4.55. The summed E-state index contributed by atoms with van der Waals surface area (Å²) in [6, 6.07) is 1.01. The Morgan fingerprint density at radius 2 is 1.73 bits per heavy atom. The van der Waals surface area contributed by atoms with Crippen LogP contribution in [0.5, 0.6) is 0 Å². The van der Waals surface area contributed by atoms with Crippen LogP contribution in [0, 0.1) is 0 Å². The minimum absolute atomic E-state index is 0.426. The molecule has 87 valence electrons. The second-order valence-corrected chi connectivity index (χ2v) is 4.55. The summed E-state index contributed by atoms with van der Waals surface area (Å²) in [5, 5.41) is 3.31. The molecule has 3 N–H and O–H groups in total. The van der Waals surface area contributed by atoms with Crippen LogP contribution in [-0.4, -0.2) is 26.8 Å². The molecular weight excluding hydrogens is 187 g/mol. The Morgan fingerprint density at radius 1 is 1.07 bits per heavy atom. The van der Waals surface area contributed by atoms with Crippen LogP contribution in [0.25, 0.3) is 0 Å². The van der Waals surface area contributed by atoms with Gasteiger partial charge in [-0.15, -0.1) is 0 Å². The molecule has 1 rings (SSSR count). The topological polar surface area (TPSA) is 47.3 Å². The van der Waals surface area contributed by atoms with Gasteiger partial charge >= 0.3 is 7.62 Å². The summed E-state index contributed by atoms with van der Waals surface area (Å²) < 4.78 is 4.93. The molecule has 4 heteroatoms. The molecule has 1 aliphatic rings. The monoisotopic (exact) mass is 211 g/mol. The number of nitrogens with one attached hydrogen (secondary N) is 1. The molecule has 0 heterocycles. The minimum atomic E-state index is 0.426. The molecule has 1 fully saturated rings. The van der Waals surface area contributed by atoms with Gasteiger partial charge in [0.1, 0.15) is 0 Å². The van der Waals surface area contributed by atoms with Crippen LogP contribution in [0.4, 0.5) is 0 Å². The first-order valence-corrected chi connectivity index (χ1v) is 6.19. The van der Waals surface area contributed by atoms with Crippen molar-refractivity contribution in [1.82, 2.24) is 5.23 Å². The summed E-state index contributed by atoms with van der Waals surface area (Å²) in [4.78, 5) is 0. The third-order valence-corrected chi connectivity index (χ3v) is 3.18. The first-order valence-electron chi connectivity index (χ1n) is 6.19. The maximum atomic E-state index is 6.02. The molecular formula is C11H24BN2O. The standard InChI is InChI=1S/C11H24BN2O/c1-15-12-14-11-8-4-2-3-6-10(13)7-5-9-11/h10-11,14H,2-9,13H2,1H3/t10-,11?/m1/s1. The van der Waals surface area contributed by atoms with E-state index in [0.717, 1.165) is 0 Å². The van der Waals surface area contributed by atoms with Crippen molar-refractivity contribution in [3.8, 4) is 0 Å². The van der Waals surface area contributed by atoms with Crippen molar-refractivity contribution in [2.45, 2.75) is 63.5 Å². The molecule has 3 nitrogen and oxygen atoms in total. The van der Waals surface area contributed by atoms with Gasteiger partial charge in [0.25, 0.3) is 0 Å². The Bertz CT molecular complexity index is 158.